The van der Waals surface area contributed by atoms with Crippen molar-refractivity contribution in [2.24, 2.45) is 5.92 Å². The summed E-state index contributed by atoms with van der Waals surface area (Å²) in [6.45, 7) is -2.80. The Balaban J connectivity index is 1.71. The third kappa shape index (κ3) is 2.61. The van der Waals surface area contributed by atoms with Crippen molar-refractivity contribution in [2.75, 3.05) is 19.7 Å². The van der Waals surface area contributed by atoms with Gasteiger partial charge >= 0.3 is 6.09 Å². The van der Waals surface area contributed by atoms with Gasteiger partial charge in [0, 0.05) is 22.1 Å². The van der Waals surface area contributed by atoms with Crippen LogP contribution in [0.1, 0.15) is 63.9 Å². The van der Waals surface area contributed by atoms with E-state index >= 15 is 0 Å². The second-order valence-corrected chi connectivity index (χ2v) is 7.45. The lowest BCUT2D eigenvalue weighted by Crippen LogP contribution is -2.62. The Morgan fingerprint density at radius 2 is 2.36 bits per heavy atom. The first-order chi connectivity index (χ1) is 14.1. The number of likely N-dealkylation sites (tertiary alicyclic amines) is 1. The van der Waals surface area contributed by atoms with Crippen molar-refractivity contribution < 1.29 is 21.1 Å². The summed E-state index contributed by atoms with van der Waals surface area (Å²) in [4.78, 5) is 14.5. The lowest BCUT2D eigenvalue weighted by atomic mass is 9.52. The van der Waals surface area contributed by atoms with Crippen molar-refractivity contribution in [3.63, 3.8) is 0 Å². The normalized spacial score (nSPS) is 34.3. The molecule has 4 nitrogen and oxygen atoms in total. The smallest absolute Gasteiger partial charge is 0.410 e. The standard InChI is InChI=1S/C21H29NO3/c1-3-24-16-9-8-15-13-19-17-7-5-6-10-21(17,18(15)14-16)11-12-22(19)20(23)25-4-2/h8-9,14,17,19H,3-7,10-13H2,1-2H3/t17-,19-,21-/m1/s1/i1D3,3D2. The van der Waals surface area contributed by atoms with Crippen LogP contribution >= 0.6 is 0 Å². The van der Waals surface area contributed by atoms with E-state index in [0.29, 0.717) is 19.1 Å². The number of hydrogen-bond acceptors (Lipinski definition) is 3. The number of amides is 1. The predicted octanol–water partition coefficient (Wildman–Crippen LogP) is 4.30. The number of nitrogens with zero attached hydrogens (tertiary/aromatic N) is 1. The molecule has 1 aromatic carbocycles. The van der Waals surface area contributed by atoms with E-state index in [2.05, 4.69) is 0 Å². The monoisotopic (exact) mass is 348 g/mol. The maximum Gasteiger partial charge on any atom is 0.410 e. The molecule has 4 heteroatoms. The topological polar surface area (TPSA) is 38.8 Å². The van der Waals surface area contributed by atoms with E-state index in [0.717, 1.165) is 49.7 Å². The molecule has 4 rings (SSSR count). The summed E-state index contributed by atoms with van der Waals surface area (Å²) in [5.74, 6) is 0.575. The average molecular weight is 348 g/mol. The highest BCUT2D eigenvalue weighted by Crippen LogP contribution is 2.56. The molecule has 0 spiro atoms. The van der Waals surface area contributed by atoms with Crippen LogP contribution < -0.4 is 4.74 Å². The van der Waals surface area contributed by atoms with Crippen LogP contribution in [0.4, 0.5) is 4.79 Å². The third-order valence-electron chi connectivity index (χ3n) is 6.48. The highest BCUT2D eigenvalue weighted by molar-refractivity contribution is 5.69. The molecule has 1 heterocycles. The van der Waals surface area contributed by atoms with E-state index in [-0.39, 0.29) is 23.3 Å². The van der Waals surface area contributed by atoms with Gasteiger partial charge in [-0.05, 0) is 68.6 Å². The van der Waals surface area contributed by atoms with Gasteiger partial charge in [0.25, 0.3) is 0 Å². The number of rotatable bonds is 3. The zero-order valence-electron chi connectivity index (χ0n) is 19.7. The number of hydrogen-bond donors (Lipinski definition) is 0. The van der Waals surface area contributed by atoms with Gasteiger partial charge in [0.15, 0.2) is 0 Å². The fourth-order valence-electron chi connectivity index (χ4n) is 5.54. The van der Waals surface area contributed by atoms with Gasteiger partial charge in [0.1, 0.15) is 5.75 Å². The van der Waals surface area contributed by atoms with Crippen molar-refractivity contribution >= 4 is 6.09 Å². The lowest BCUT2D eigenvalue weighted by molar-refractivity contribution is -0.0110. The molecule has 0 N–H and O–H groups in total. The highest BCUT2D eigenvalue weighted by atomic mass is 16.6. The first-order valence-electron chi connectivity index (χ1n) is 11.8. The van der Waals surface area contributed by atoms with E-state index in [9.17, 15) is 4.79 Å². The van der Waals surface area contributed by atoms with Crippen LogP contribution in [0.3, 0.4) is 0 Å². The molecule has 0 aromatic heterocycles. The van der Waals surface area contributed by atoms with E-state index in [1.165, 1.54) is 0 Å². The van der Waals surface area contributed by atoms with Crippen LogP contribution in [0.25, 0.3) is 0 Å². The minimum absolute atomic E-state index is 0.0778. The molecule has 1 amide bonds. The summed E-state index contributed by atoms with van der Waals surface area (Å²) in [5.41, 5.74) is 2.20. The van der Waals surface area contributed by atoms with Crippen LogP contribution in [0.15, 0.2) is 18.2 Å². The Kier molecular flexibility index (Phi) is 3.09. The number of fused-ring (bicyclic) bond motifs is 1. The molecule has 1 saturated heterocycles. The molecule has 3 atom stereocenters. The third-order valence-corrected chi connectivity index (χ3v) is 6.48. The van der Waals surface area contributed by atoms with Gasteiger partial charge in [0.2, 0.25) is 0 Å². The number of piperidine rings is 1. The maximum atomic E-state index is 12.6. The first-order valence-corrected chi connectivity index (χ1v) is 9.35. The largest absolute Gasteiger partial charge is 0.494 e. The molecule has 0 radical (unpaired) electrons. The quantitative estimate of drug-likeness (QED) is 0.817. The Hall–Kier alpha value is -1.71. The van der Waals surface area contributed by atoms with Gasteiger partial charge in [-0.15, -0.1) is 0 Å². The minimum atomic E-state index is -2.87. The number of carbonyl (C=O) groups is 1. The van der Waals surface area contributed by atoms with Gasteiger partial charge in [-0.2, -0.15) is 0 Å². The van der Waals surface area contributed by atoms with E-state index in [1.807, 2.05) is 24.0 Å². The summed E-state index contributed by atoms with van der Waals surface area (Å²) in [5, 5.41) is 0. The zero-order valence-corrected chi connectivity index (χ0v) is 14.7. The van der Waals surface area contributed by atoms with Crippen molar-refractivity contribution in [2.45, 2.75) is 63.8 Å². The molecule has 1 aromatic rings. The van der Waals surface area contributed by atoms with Gasteiger partial charge in [-0.25, -0.2) is 4.79 Å². The summed E-state index contributed by atoms with van der Waals surface area (Å²) in [7, 11) is 0. The van der Waals surface area contributed by atoms with Crippen LogP contribution in [-0.4, -0.2) is 36.7 Å². The van der Waals surface area contributed by atoms with Crippen LogP contribution in [0, 0.1) is 5.92 Å². The van der Waals surface area contributed by atoms with E-state index in [1.54, 1.807) is 6.07 Å². The molecule has 2 bridgehead atoms. The molecular formula is C21H29NO3. The summed E-state index contributed by atoms with van der Waals surface area (Å²) in [6.07, 6.45) is 5.63. The Morgan fingerprint density at radius 3 is 3.20 bits per heavy atom. The molecule has 2 fully saturated rings. The van der Waals surface area contributed by atoms with Gasteiger partial charge in [-0.1, -0.05) is 18.9 Å². The van der Waals surface area contributed by atoms with Gasteiger partial charge in [0.05, 0.1) is 15.9 Å². The number of carbonyl (C=O) groups excluding carboxylic acids is 1. The first kappa shape index (κ1) is 11.8. The second-order valence-electron chi connectivity index (χ2n) is 7.45. The number of benzene rings is 1. The second kappa shape index (κ2) is 6.54. The van der Waals surface area contributed by atoms with Crippen LogP contribution in [0.5, 0.6) is 5.75 Å². The van der Waals surface area contributed by atoms with Crippen molar-refractivity contribution in [3.8, 4) is 5.75 Å². The molecule has 1 aliphatic heterocycles. The van der Waals surface area contributed by atoms with Crippen molar-refractivity contribution in [1.29, 1.82) is 0 Å². The molecule has 2 aliphatic carbocycles. The molecule has 0 unspecified atom stereocenters. The number of ether oxygens (including phenoxy) is 2. The predicted molar refractivity (Wildman–Crippen MR) is 97.1 cm³/mol. The molecule has 25 heavy (non-hydrogen) atoms. The van der Waals surface area contributed by atoms with Crippen molar-refractivity contribution in [1.82, 2.24) is 4.90 Å². The van der Waals surface area contributed by atoms with E-state index < -0.39 is 13.4 Å². The summed E-state index contributed by atoms with van der Waals surface area (Å²) in [6, 6.07) is 5.51. The lowest BCUT2D eigenvalue weighted by Gasteiger charge is -2.58. The SMILES string of the molecule is [2H]C([2H])([2H])C([2H])([2H])Oc1ccc2c(c1)[C@@]13CCCC[C@@H]1[C@@H](C2)N(C(=O)OCC)CC3. The van der Waals surface area contributed by atoms with E-state index in [4.69, 9.17) is 16.3 Å². The Labute approximate surface area is 157 Å². The molecule has 136 valence electrons. The molecule has 1 saturated carbocycles. The van der Waals surface area contributed by atoms with Crippen molar-refractivity contribution in [3.05, 3.63) is 29.3 Å². The fraction of sp³-hybridized carbons (Fsp3) is 0.667. The minimum Gasteiger partial charge on any atom is -0.494 e. The fourth-order valence-corrected chi connectivity index (χ4v) is 5.54. The van der Waals surface area contributed by atoms with Crippen LogP contribution in [-0.2, 0) is 16.6 Å². The average Bonchev–Trinajstić information content (AvgIpc) is 2.67. The molecular weight excluding hydrogens is 314 g/mol. The summed E-state index contributed by atoms with van der Waals surface area (Å²) < 4.78 is 48.5. The van der Waals surface area contributed by atoms with Gasteiger partial charge in [-0.3, -0.25) is 0 Å². The summed E-state index contributed by atoms with van der Waals surface area (Å²) >= 11 is 0. The highest BCUT2D eigenvalue weighted by Gasteiger charge is 2.55. The maximum absolute atomic E-state index is 12.6. The zero-order chi connectivity index (χ0) is 21.7. The van der Waals surface area contributed by atoms with Crippen LogP contribution in [0.2, 0.25) is 0 Å². The Morgan fingerprint density at radius 1 is 1.44 bits per heavy atom. The van der Waals surface area contributed by atoms with Gasteiger partial charge < -0.3 is 14.4 Å². The Bertz CT molecular complexity index is 827. The molecule has 3 aliphatic rings.